The molecule has 0 bridgehead atoms. The maximum Gasteiger partial charge on any atom is 0.332 e. The van der Waals surface area contributed by atoms with Crippen molar-refractivity contribution < 1.29 is 24.5 Å². The first-order chi connectivity index (χ1) is 8.08. The van der Waals surface area contributed by atoms with E-state index < -0.39 is 12.1 Å². The minimum atomic E-state index is -1.39. The van der Waals surface area contributed by atoms with Gasteiger partial charge in [0.15, 0.2) is 17.6 Å². The standard InChI is InChI=1S/C12H14O5/c1-7-4-10-11(17-3-2-16-10)6-8(7)5-9(13)12(14)15/h4,6,9,13H,2-3,5H2,1H3,(H,14,15). The summed E-state index contributed by atoms with van der Waals surface area (Å²) in [7, 11) is 0. The van der Waals surface area contributed by atoms with Crippen LogP contribution in [0, 0.1) is 6.92 Å². The van der Waals surface area contributed by atoms with Gasteiger partial charge in [0.05, 0.1) is 0 Å². The molecule has 1 unspecified atom stereocenters. The molecule has 1 atom stereocenters. The molecule has 0 saturated carbocycles. The fourth-order valence-electron chi connectivity index (χ4n) is 1.75. The smallest absolute Gasteiger partial charge is 0.332 e. The largest absolute Gasteiger partial charge is 0.486 e. The molecule has 1 heterocycles. The number of rotatable bonds is 3. The molecular formula is C12H14O5. The van der Waals surface area contributed by atoms with Crippen LogP contribution in [-0.4, -0.2) is 35.5 Å². The zero-order chi connectivity index (χ0) is 12.4. The van der Waals surface area contributed by atoms with Crippen LogP contribution < -0.4 is 9.47 Å². The van der Waals surface area contributed by atoms with Gasteiger partial charge in [-0.15, -0.1) is 0 Å². The summed E-state index contributed by atoms with van der Waals surface area (Å²) >= 11 is 0. The molecule has 92 valence electrons. The van der Waals surface area contributed by atoms with E-state index in [9.17, 15) is 9.90 Å². The molecule has 2 N–H and O–H groups in total. The topological polar surface area (TPSA) is 76.0 Å². The third-order valence-corrected chi connectivity index (χ3v) is 2.70. The lowest BCUT2D eigenvalue weighted by Gasteiger charge is -2.20. The van der Waals surface area contributed by atoms with Crippen molar-refractivity contribution in [2.75, 3.05) is 13.2 Å². The van der Waals surface area contributed by atoms with Crippen molar-refractivity contribution in [3.8, 4) is 11.5 Å². The molecule has 1 aromatic rings. The van der Waals surface area contributed by atoms with Crippen LogP contribution in [0.1, 0.15) is 11.1 Å². The normalized spacial score (nSPS) is 15.4. The summed E-state index contributed by atoms with van der Waals surface area (Å²) in [6.07, 6.45) is -1.33. The highest BCUT2D eigenvalue weighted by Crippen LogP contribution is 2.33. The average Bonchev–Trinajstić information content (AvgIpc) is 2.29. The van der Waals surface area contributed by atoms with Crippen molar-refractivity contribution in [2.45, 2.75) is 19.4 Å². The first kappa shape index (κ1) is 11.7. The second kappa shape index (κ2) is 4.63. The summed E-state index contributed by atoms with van der Waals surface area (Å²) in [6.45, 7) is 2.85. The Hall–Kier alpha value is -1.75. The summed E-state index contributed by atoms with van der Waals surface area (Å²) < 4.78 is 10.8. The van der Waals surface area contributed by atoms with Crippen molar-refractivity contribution in [3.05, 3.63) is 23.3 Å². The van der Waals surface area contributed by atoms with Crippen molar-refractivity contribution in [1.29, 1.82) is 0 Å². The first-order valence-electron chi connectivity index (χ1n) is 5.38. The molecule has 2 rings (SSSR count). The lowest BCUT2D eigenvalue weighted by atomic mass is 10.0. The third kappa shape index (κ3) is 2.50. The van der Waals surface area contributed by atoms with Gasteiger partial charge in [0, 0.05) is 6.42 Å². The molecule has 0 aliphatic carbocycles. The highest BCUT2D eigenvalue weighted by atomic mass is 16.6. The van der Waals surface area contributed by atoms with E-state index in [-0.39, 0.29) is 6.42 Å². The van der Waals surface area contributed by atoms with Crippen LogP contribution in [0.2, 0.25) is 0 Å². The van der Waals surface area contributed by atoms with Crippen LogP contribution in [0.3, 0.4) is 0 Å². The van der Waals surface area contributed by atoms with E-state index in [0.29, 0.717) is 24.7 Å². The molecule has 0 amide bonds. The second-order valence-corrected chi connectivity index (χ2v) is 3.98. The summed E-state index contributed by atoms with van der Waals surface area (Å²) in [5, 5.41) is 18.0. The summed E-state index contributed by atoms with van der Waals surface area (Å²) in [4.78, 5) is 10.6. The number of carboxylic acids is 1. The van der Waals surface area contributed by atoms with Crippen molar-refractivity contribution >= 4 is 5.97 Å². The molecule has 1 aliphatic rings. The second-order valence-electron chi connectivity index (χ2n) is 3.98. The van der Waals surface area contributed by atoms with E-state index in [1.165, 1.54) is 0 Å². The molecule has 0 saturated heterocycles. The SMILES string of the molecule is Cc1cc2c(cc1CC(O)C(=O)O)OCCO2. The van der Waals surface area contributed by atoms with Crippen molar-refractivity contribution in [1.82, 2.24) is 0 Å². The van der Waals surface area contributed by atoms with E-state index in [1.54, 1.807) is 12.1 Å². The van der Waals surface area contributed by atoms with Crippen LogP contribution in [0.5, 0.6) is 11.5 Å². The van der Waals surface area contributed by atoms with Gasteiger partial charge in [-0.1, -0.05) is 0 Å². The Labute approximate surface area is 98.6 Å². The van der Waals surface area contributed by atoms with E-state index in [1.807, 2.05) is 6.92 Å². The molecule has 0 radical (unpaired) electrons. The number of aliphatic hydroxyl groups excluding tert-OH is 1. The molecule has 5 nitrogen and oxygen atoms in total. The van der Waals surface area contributed by atoms with Gasteiger partial charge in [-0.05, 0) is 30.2 Å². The van der Waals surface area contributed by atoms with Crippen LogP contribution >= 0.6 is 0 Å². The Morgan fingerprint density at radius 1 is 1.35 bits per heavy atom. The van der Waals surface area contributed by atoms with Crippen molar-refractivity contribution in [2.24, 2.45) is 0 Å². The number of aryl methyl sites for hydroxylation is 1. The summed E-state index contributed by atoms with van der Waals surface area (Å²) in [6, 6.07) is 3.54. The van der Waals surface area contributed by atoms with Gasteiger partial charge in [0.1, 0.15) is 13.2 Å². The fraction of sp³-hybridized carbons (Fsp3) is 0.417. The van der Waals surface area contributed by atoms with Gasteiger partial charge in [0.25, 0.3) is 0 Å². The number of aliphatic hydroxyl groups is 1. The van der Waals surface area contributed by atoms with Crippen LogP contribution in [0.4, 0.5) is 0 Å². The lowest BCUT2D eigenvalue weighted by molar-refractivity contribution is -0.146. The predicted molar refractivity (Wildman–Crippen MR) is 59.5 cm³/mol. The lowest BCUT2D eigenvalue weighted by Crippen LogP contribution is -2.23. The van der Waals surface area contributed by atoms with Gasteiger partial charge >= 0.3 is 5.97 Å². The Kier molecular flexibility index (Phi) is 3.19. The molecular weight excluding hydrogens is 224 g/mol. The number of aliphatic carboxylic acids is 1. The Bertz CT molecular complexity index is 441. The molecule has 1 aromatic carbocycles. The first-order valence-corrected chi connectivity index (χ1v) is 5.38. The Balaban J connectivity index is 2.25. The number of carboxylic acid groups (broad SMARTS) is 1. The van der Waals surface area contributed by atoms with Gasteiger partial charge in [-0.2, -0.15) is 0 Å². The zero-order valence-electron chi connectivity index (χ0n) is 9.47. The summed E-state index contributed by atoms with van der Waals surface area (Å²) in [5.41, 5.74) is 1.64. The maximum absolute atomic E-state index is 10.6. The third-order valence-electron chi connectivity index (χ3n) is 2.70. The minimum Gasteiger partial charge on any atom is -0.486 e. The molecule has 0 spiro atoms. The van der Waals surface area contributed by atoms with E-state index >= 15 is 0 Å². The summed E-state index contributed by atoms with van der Waals surface area (Å²) in [5.74, 6) is 0.0519. The maximum atomic E-state index is 10.6. The number of ether oxygens (including phenoxy) is 2. The van der Waals surface area contributed by atoms with Gasteiger partial charge in [-0.25, -0.2) is 4.79 Å². The molecule has 17 heavy (non-hydrogen) atoms. The molecule has 0 fully saturated rings. The van der Waals surface area contributed by atoms with Gasteiger partial charge < -0.3 is 19.7 Å². The highest BCUT2D eigenvalue weighted by Gasteiger charge is 2.19. The number of hydrogen-bond acceptors (Lipinski definition) is 4. The minimum absolute atomic E-state index is 0.0673. The highest BCUT2D eigenvalue weighted by molar-refractivity contribution is 5.72. The number of carbonyl (C=O) groups is 1. The predicted octanol–water partition coefficient (Wildman–Crippen LogP) is 0.754. The van der Waals surface area contributed by atoms with E-state index in [2.05, 4.69) is 0 Å². The van der Waals surface area contributed by atoms with Gasteiger partial charge in [-0.3, -0.25) is 0 Å². The van der Waals surface area contributed by atoms with Crippen LogP contribution in [0.25, 0.3) is 0 Å². The zero-order valence-corrected chi connectivity index (χ0v) is 9.47. The Morgan fingerprint density at radius 2 is 1.94 bits per heavy atom. The number of benzene rings is 1. The molecule has 0 aromatic heterocycles. The quantitative estimate of drug-likeness (QED) is 0.812. The molecule has 1 aliphatic heterocycles. The monoisotopic (exact) mass is 238 g/mol. The Morgan fingerprint density at radius 3 is 2.53 bits per heavy atom. The number of hydrogen-bond donors (Lipinski definition) is 2. The van der Waals surface area contributed by atoms with E-state index in [4.69, 9.17) is 14.6 Å². The van der Waals surface area contributed by atoms with Gasteiger partial charge in [0.2, 0.25) is 0 Å². The fourth-order valence-corrected chi connectivity index (χ4v) is 1.75. The number of fused-ring (bicyclic) bond motifs is 1. The van der Waals surface area contributed by atoms with E-state index in [0.717, 1.165) is 11.1 Å². The average molecular weight is 238 g/mol. The van der Waals surface area contributed by atoms with Crippen LogP contribution in [-0.2, 0) is 11.2 Å². The molecule has 5 heteroatoms. The van der Waals surface area contributed by atoms with Crippen LogP contribution in [0.15, 0.2) is 12.1 Å². The van der Waals surface area contributed by atoms with Crippen molar-refractivity contribution in [3.63, 3.8) is 0 Å².